The Morgan fingerprint density at radius 2 is 2.40 bits per heavy atom. The Labute approximate surface area is 56.7 Å². The molecule has 0 aromatic carbocycles. The Morgan fingerprint density at radius 1 is 1.60 bits per heavy atom. The van der Waals surface area contributed by atoms with Crippen LogP contribution in [-0.2, 0) is 0 Å². The summed E-state index contributed by atoms with van der Waals surface area (Å²) in [6.07, 6.45) is 4.54. The Hall–Kier alpha value is -1.72. The van der Waals surface area contributed by atoms with Gasteiger partial charge in [-0.2, -0.15) is 0 Å². The van der Waals surface area contributed by atoms with Gasteiger partial charge in [-0.15, -0.1) is 5.43 Å². The van der Waals surface area contributed by atoms with Gasteiger partial charge in [0.25, 0.3) is 0 Å². The Bertz CT molecular complexity index is 197. The molecule has 0 radical (unpaired) electrons. The van der Waals surface area contributed by atoms with E-state index < -0.39 is 5.03 Å². The lowest BCUT2D eigenvalue weighted by atomic mass is 10.4. The first-order chi connectivity index (χ1) is 4.79. The fourth-order valence-corrected chi connectivity index (χ4v) is 0.522. The van der Waals surface area contributed by atoms with E-state index in [9.17, 15) is 10.1 Å². The minimum atomic E-state index is -0.622. The van der Waals surface area contributed by atoms with Crippen LogP contribution in [0.25, 0.3) is 0 Å². The summed E-state index contributed by atoms with van der Waals surface area (Å²) in [5.41, 5.74) is 7.57. The molecular formula is C4H6N4O2. The number of nitrogens with zero attached hydrogens (tertiary/aromatic N) is 1. The summed E-state index contributed by atoms with van der Waals surface area (Å²) in [5.74, 6) is 0. The summed E-state index contributed by atoms with van der Waals surface area (Å²) in [4.78, 5) is 9.84. The number of nitro groups is 1. The van der Waals surface area contributed by atoms with Crippen LogP contribution in [0, 0.1) is 10.1 Å². The average Bonchev–Trinajstić information content (AvgIpc) is 1.88. The standard InChI is InChI=1S/C4H6N4O2/c9-8(10)7-4-1-2-5-6-3-4/h1-3,5-7H. The third-order valence-electron chi connectivity index (χ3n) is 0.878. The molecule has 0 saturated heterocycles. The van der Waals surface area contributed by atoms with E-state index in [1.54, 1.807) is 12.3 Å². The fourth-order valence-electron chi connectivity index (χ4n) is 0.522. The smallest absolute Gasteiger partial charge is 0.162 e. The predicted molar refractivity (Wildman–Crippen MR) is 33.6 cm³/mol. The minimum Gasteiger partial charge on any atom is -0.309 e. The van der Waals surface area contributed by atoms with Crippen LogP contribution in [0.4, 0.5) is 0 Å². The number of hydrogen-bond acceptors (Lipinski definition) is 4. The van der Waals surface area contributed by atoms with E-state index in [0.717, 1.165) is 0 Å². The Balaban J connectivity index is 2.48. The quantitative estimate of drug-likeness (QED) is 0.348. The van der Waals surface area contributed by atoms with Crippen molar-refractivity contribution in [1.29, 1.82) is 0 Å². The topological polar surface area (TPSA) is 79.2 Å². The van der Waals surface area contributed by atoms with Crippen molar-refractivity contribution in [3.63, 3.8) is 0 Å². The zero-order valence-electron chi connectivity index (χ0n) is 5.00. The lowest BCUT2D eigenvalue weighted by Crippen LogP contribution is -2.29. The van der Waals surface area contributed by atoms with E-state index in [0.29, 0.717) is 5.70 Å². The van der Waals surface area contributed by atoms with Gasteiger partial charge in [0.15, 0.2) is 5.03 Å². The summed E-state index contributed by atoms with van der Waals surface area (Å²) >= 11 is 0. The van der Waals surface area contributed by atoms with E-state index in [2.05, 4.69) is 10.9 Å². The van der Waals surface area contributed by atoms with Crippen molar-refractivity contribution in [3.05, 3.63) is 34.3 Å². The molecule has 6 heteroatoms. The third kappa shape index (κ3) is 1.66. The van der Waals surface area contributed by atoms with Crippen LogP contribution >= 0.6 is 0 Å². The van der Waals surface area contributed by atoms with Crippen molar-refractivity contribution in [1.82, 2.24) is 16.3 Å². The van der Waals surface area contributed by atoms with E-state index >= 15 is 0 Å². The summed E-state index contributed by atoms with van der Waals surface area (Å²) in [6.45, 7) is 0. The van der Waals surface area contributed by atoms with Gasteiger partial charge in [-0.3, -0.25) is 0 Å². The Kier molecular flexibility index (Phi) is 1.74. The molecule has 0 aromatic heterocycles. The van der Waals surface area contributed by atoms with Gasteiger partial charge in [-0.05, 0) is 6.08 Å². The second-order valence-electron chi connectivity index (χ2n) is 1.59. The van der Waals surface area contributed by atoms with Crippen LogP contribution < -0.4 is 16.3 Å². The van der Waals surface area contributed by atoms with Crippen molar-refractivity contribution in [2.75, 3.05) is 0 Å². The molecule has 1 heterocycles. The molecule has 3 N–H and O–H groups in total. The molecule has 54 valence electrons. The van der Waals surface area contributed by atoms with E-state index in [1.165, 1.54) is 6.20 Å². The average molecular weight is 142 g/mol. The maximum atomic E-state index is 9.84. The van der Waals surface area contributed by atoms with E-state index in [1.807, 2.05) is 5.43 Å². The molecule has 0 bridgehead atoms. The van der Waals surface area contributed by atoms with Gasteiger partial charge in [-0.25, -0.2) is 10.1 Å². The van der Waals surface area contributed by atoms with Crippen molar-refractivity contribution < 1.29 is 5.03 Å². The number of rotatable bonds is 2. The van der Waals surface area contributed by atoms with Crippen LogP contribution in [0.2, 0.25) is 0 Å². The van der Waals surface area contributed by atoms with E-state index in [4.69, 9.17) is 0 Å². The molecule has 0 fully saturated rings. The highest BCUT2D eigenvalue weighted by atomic mass is 16.7. The summed E-state index contributed by atoms with van der Waals surface area (Å²) in [5, 5.41) is 9.22. The summed E-state index contributed by atoms with van der Waals surface area (Å²) in [6, 6.07) is 0. The van der Waals surface area contributed by atoms with Crippen molar-refractivity contribution in [2.45, 2.75) is 0 Å². The highest BCUT2D eigenvalue weighted by Gasteiger charge is 1.99. The Morgan fingerprint density at radius 3 is 2.90 bits per heavy atom. The molecule has 0 unspecified atom stereocenters. The third-order valence-corrected chi connectivity index (χ3v) is 0.878. The molecule has 0 aromatic rings. The lowest BCUT2D eigenvalue weighted by Gasteiger charge is -2.06. The monoisotopic (exact) mass is 142 g/mol. The van der Waals surface area contributed by atoms with E-state index in [-0.39, 0.29) is 0 Å². The molecule has 10 heavy (non-hydrogen) atoms. The first kappa shape index (κ1) is 6.40. The first-order valence-electron chi connectivity index (χ1n) is 2.58. The SMILES string of the molecule is O=[N+]([O-])NC1=CNNC=C1. The summed E-state index contributed by atoms with van der Waals surface area (Å²) in [7, 11) is 0. The van der Waals surface area contributed by atoms with Gasteiger partial charge in [0, 0.05) is 12.4 Å². The van der Waals surface area contributed by atoms with Gasteiger partial charge in [0.2, 0.25) is 0 Å². The second kappa shape index (κ2) is 2.72. The maximum Gasteiger partial charge on any atom is 0.162 e. The number of hydrazine groups is 2. The number of hydrogen-bond donors (Lipinski definition) is 3. The molecule has 1 aliphatic heterocycles. The predicted octanol–water partition coefficient (Wildman–Crippen LogP) is -0.769. The van der Waals surface area contributed by atoms with Crippen LogP contribution in [-0.4, -0.2) is 5.03 Å². The highest BCUT2D eigenvalue weighted by molar-refractivity contribution is 5.16. The van der Waals surface area contributed by atoms with Gasteiger partial charge >= 0.3 is 0 Å². The lowest BCUT2D eigenvalue weighted by molar-refractivity contribution is -0.534. The summed E-state index contributed by atoms with van der Waals surface area (Å²) < 4.78 is 0. The molecular weight excluding hydrogens is 136 g/mol. The molecule has 0 aliphatic carbocycles. The van der Waals surface area contributed by atoms with Crippen LogP contribution in [0.3, 0.4) is 0 Å². The van der Waals surface area contributed by atoms with Gasteiger partial charge < -0.3 is 10.9 Å². The highest BCUT2D eigenvalue weighted by Crippen LogP contribution is 1.90. The largest absolute Gasteiger partial charge is 0.309 e. The maximum absolute atomic E-state index is 9.84. The van der Waals surface area contributed by atoms with Crippen molar-refractivity contribution >= 4 is 0 Å². The van der Waals surface area contributed by atoms with Crippen LogP contribution in [0.5, 0.6) is 0 Å². The minimum absolute atomic E-state index is 0.406. The number of allylic oxidation sites excluding steroid dienone is 1. The van der Waals surface area contributed by atoms with Gasteiger partial charge in [0.1, 0.15) is 5.70 Å². The zero-order valence-corrected chi connectivity index (χ0v) is 5.00. The molecule has 0 amide bonds. The molecule has 0 spiro atoms. The number of nitrogens with one attached hydrogen (secondary N) is 3. The molecule has 1 rings (SSSR count). The fraction of sp³-hybridized carbons (Fsp3) is 0. The van der Waals surface area contributed by atoms with Crippen molar-refractivity contribution in [2.24, 2.45) is 0 Å². The van der Waals surface area contributed by atoms with Gasteiger partial charge in [0.05, 0.1) is 0 Å². The zero-order chi connectivity index (χ0) is 7.40. The second-order valence-corrected chi connectivity index (χ2v) is 1.59. The molecule has 0 atom stereocenters. The molecule has 6 nitrogen and oxygen atoms in total. The van der Waals surface area contributed by atoms with Crippen LogP contribution in [0.15, 0.2) is 24.2 Å². The normalized spacial score (nSPS) is 14.6. The van der Waals surface area contributed by atoms with Crippen LogP contribution in [0.1, 0.15) is 0 Å². The molecule has 1 aliphatic rings. The first-order valence-corrected chi connectivity index (χ1v) is 2.58. The molecule has 0 saturated carbocycles. The van der Waals surface area contributed by atoms with Crippen molar-refractivity contribution in [3.8, 4) is 0 Å². The van der Waals surface area contributed by atoms with Gasteiger partial charge in [-0.1, -0.05) is 0 Å².